The summed E-state index contributed by atoms with van der Waals surface area (Å²) in [5.74, 6) is 0. The van der Waals surface area contributed by atoms with E-state index in [2.05, 4.69) is 28.8 Å². The molecule has 6 heteroatoms. The lowest BCUT2D eigenvalue weighted by Gasteiger charge is -2.30. The zero-order valence-corrected chi connectivity index (χ0v) is 11.1. The Morgan fingerprint density at radius 1 is 1.17 bits per heavy atom. The lowest BCUT2D eigenvalue weighted by atomic mass is 10.1. The van der Waals surface area contributed by atoms with Crippen LogP contribution in [0.3, 0.4) is 0 Å². The first-order valence-corrected chi connectivity index (χ1v) is 6.50. The average molecular weight is 268 g/mol. The molecule has 0 radical (unpaired) electrons. The molecule has 1 N–H and O–H groups in total. The molecule has 2 unspecified atom stereocenters. The fourth-order valence-corrected chi connectivity index (χ4v) is 2.12. The van der Waals surface area contributed by atoms with Crippen LogP contribution in [-0.2, 0) is 4.74 Å². The molecule has 0 saturated carbocycles. The van der Waals surface area contributed by atoms with Crippen molar-refractivity contribution in [3.05, 3.63) is 0 Å². The van der Waals surface area contributed by atoms with Crippen molar-refractivity contribution in [1.29, 1.82) is 0 Å². The van der Waals surface area contributed by atoms with Gasteiger partial charge in [0.25, 0.3) is 0 Å². The summed E-state index contributed by atoms with van der Waals surface area (Å²) in [4.78, 5) is 2.18. The molecule has 0 aromatic carbocycles. The molecule has 1 saturated heterocycles. The summed E-state index contributed by atoms with van der Waals surface area (Å²) in [5, 5.41) is 3.48. The van der Waals surface area contributed by atoms with Crippen LogP contribution in [0, 0.1) is 0 Å². The van der Waals surface area contributed by atoms with E-state index >= 15 is 0 Å². The first kappa shape index (κ1) is 15.7. The monoisotopic (exact) mass is 268 g/mol. The van der Waals surface area contributed by atoms with Gasteiger partial charge < -0.3 is 15.0 Å². The van der Waals surface area contributed by atoms with Gasteiger partial charge in [-0.3, -0.25) is 0 Å². The van der Waals surface area contributed by atoms with Crippen molar-refractivity contribution in [2.75, 3.05) is 32.8 Å². The minimum Gasteiger partial charge on any atom is -0.371 e. The van der Waals surface area contributed by atoms with E-state index in [9.17, 15) is 13.2 Å². The summed E-state index contributed by atoms with van der Waals surface area (Å²) in [6.07, 6.45) is -2.18. The highest BCUT2D eigenvalue weighted by molar-refractivity contribution is 4.74. The highest BCUT2D eigenvalue weighted by Gasteiger charge is 2.27. The van der Waals surface area contributed by atoms with Crippen LogP contribution < -0.4 is 5.32 Å². The highest BCUT2D eigenvalue weighted by Crippen LogP contribution is 2.14. The largest absolute Gasteiger partial charge is 0.411 e. The molecule has 1 aliphatic heterocycles. The van der Waals surface area contributed by atoms with Crippen LogP contribution in [0.1, 0.15) is 26.7 Å². The Morgan fingerprint density at radius 2 is 1.72 bits per heavy atom. The Hall–Kier alpha value is -0.330. The number of ether oxygens (including phenoxy) is 1. The van der Waals surface area contributed by atoms with Crippen LogP contribution in [0.4, 0.5) is 13.2 Å². The molecule has 0 aromatic heterocycles. The molecule has 0 bridgehead atoms. The predicted octanol–water partition coefficient (Wildman–Crippen LogP) is 2.03. The van der Waals surface area contributed by atoms with Crippen molar-refractivity contribution >= 4 is 0 Å². The van der Waals surface area contributed by atoms with E-state index in [1.54, 1.807) is 0 Å². The Balaban J connectivity index is 2.20. The molecule has 108 valence electrons. The first-order valence-electron chi connectivity index (χ1n) is 6.50. The van der Waals surface area contributed by atoms with Crippen molar-refractivity contribution in [2.45, 2.75) is 44.9 Å². The molecule has 0 amide bonds. The zero-order chi connectivity index (χ0) is 13.6. The molecule has 0 aromatic rings. The Kier molecular flexibility index (Phi) is 6.38. The minimum atomic E-state index is -4.22. The SMILES string of the molecule is CC1CCN(CCOCC(F)(F)F)CCC(C)N1. The Bertz CT molecular complexity index is 224. The second kappa shape index (κ2) is 7.31. The smallest absolute Gasteiger partial charge is 0.371 e. The molecule has 18 heavy (non-hydrogen) atoms. The van der Waals surface area contributed by atoms with Gasteiger partial charge in [-0.05, 0) is 39.8 Å². The third kappa shape index (κ3) is 7.18. The van der Waals surface area contributed by atoms with Crippen LogP contribution >= 0.6 is 0 Å². The molecule has 2 atom stereocenters. The van der Waals surface area contributed by atoms with Gasteiger partial charge in [0, 0.05) is 18.6 Å². The minimum absolute atomic E-state index is 0.149. The van der Waals surface area contributed by atoms with Crippen LogP contribution in [0.15, 0.2) is 0 Å². The van der Waals surface area contributed by atoms with E-state index in [1.165, 1.54) is 0 Å². The fourth-order valence-electron chi connectivity index (χ4n) is 2.12. The highest BCUT2D eigenvalue weighted by atomic mass is 19.4. The topological polar surface area (TPSA) is 24.5 Å². The second-order valence-corrected chi connectivity index (χ2v) is 5.06. The summed E-state index contributed by atoms with van der Waals surface area (Å²) in [7, 11) is 0. The molecule has 0 aliphatic carbocycles. The number of nitrogens with one attached hydrogen (secondary N) is 1. The average Bonchev–Trinajstić information content (AvgIpc) is 2.23. The van der Waals surface area contributed by atoms with E-state index in [0.717, 1.165) is 25.9 Å². The van der Waals surface area contributed by atoms with Crippen molar-refractivity contribution in [3.63, 3.8) is 0 Å². The van der Waals surface area contributed by atoms with E-state index in [-0.39, 0.29) is 6.61 Å². The van der Waals surface area contributed by atoms with Gasteiger partial charge in [-0.15, -0.1) is 0 Å². The van der Waals surface area contributed by atoms with Gasteiger partial charge in [0.2, 0.25) is 0 Å². The zero-order valence-electron chi connectivity index (χ0n) is 11.1. The van der Waals surface area contributed by atoms with Gasteiger partial charge in [-0.1, -0.05) is 0 Å². The van der Waals surface area contributed by atoms with Gasteiger partial charge in [0.1, 0.15) is 6.61 Å². The third-order valence-electron chi connectivity index (χ3n) is 3.14. The fraction of sp³-hybridized carbons (Fsp3) is 1.00. The summed E-state index contributed by atoms with van der Waals surface area (Å²) in [5.41, 5.74) is 0. The number of hydrogen-bond acceptors (Lipinski definition) is 3. The van der Waals surface area contributed by atoms with Gasteiger partial charge in [-0.2, -0.15) is 13.2 Å². The van der Waals surface area contributed by atoms with Crippen LogP contribution in [0.2, 0.25) is 0 Å². The van der Waals surface area contributed by atoms with E-state index in [4.69, 9.17) is 0 Å². The van der Waals surface area contributed by atoms with Crippen molar-refractivity contribution < 1.29 is 17.9 Å². The van der Waals surface area contributed by atoms with Crippen molar-refractivity contribution in [2.24, 2.45) is 0 Å². The molecule has 1 fully saturated rings. The summed E-state index contributed by atoms with van der Waals surface area (Å²) < 4.78 is 40.3. The molecular weight excluding hydrogens is 245 g/mol. The van der Waals surface area contributed by atoms with Gasteiger partial charge in [-0.25, -0.2) is 0 Å². The Labute approximate surface area is 107 Å². The standard InChI is InChI=1S/C12H23F3N2O/c1-10-3-5-17(6-4-11(2)16-10)7-8-18-9-12(13,14)15/h10-11,16H,3-9H2,1-2H3. The number of halogens is 3. The number of rotatable bonds is 4. The van der Waals surface area contributed by atoms with Crippen molar-refractivity contribution in [1.82, 2.24) is 10.2 Å². The maximum absolute atomic E-state index is 11.9. The number of nitrogens with zero attached hydrogens (tertiary/aromatic N) is 1. The molecule has 3 nitrogen and oxygen atoms in total. The number of alkyl halides is 3. The van der Waals surface area contributed by atoms with Crippen LogP contribution in [0.5, 0.6) is 0 Å². The van der Waals surface area contributed by atoms with Gasteiger partial charge >= 0.3 is 6.18 Å². The lowest BCUT2D eigenvalue weighted by molar-refractivity contribution is -0.174. The van der Waals surface area contributed by atoms with Crippen LogP contribution in [0.25, 0.3) is 0 Å². The summed E-state index contributed by atoms with van der Waals surface area (Å²) in [6, 6.07) is 0.915. The number of hydrogen-bond donors (Lipinski definition) is 1. The molecule has 0 spiro atoms. The molecular formula is C12H23F3N2O. The van der Waals surface area contributed by atoms with Crippen molar-refractivity contribution in [3.8, 4) is 0 Å². The van der Waals surface area contributed by atoms with Crippen LogP contribution in [-0.4, -0.2) is 56.0 Å². The molecule has 1 rings (SSSR count). The first-order chi connectivity index (χ1) is 8.37. The van der Waals surface area contributed by atoms with E-state index in [1.807, 2.05) is 0 Å². The van der Waals surface area contributed by atoms with E-state index < -0.39 is 12.8 Å². The molecule has 1 aliphatic rings. The Morgan fingerprint density at radius 3 is 2.22 bits per heavy atom. The predicted molar refractivity (Wildman–Crippen MR) is 64.6 cm³/mol. The quantitative estimate of drug-likeness (QED) is 0.790. The summed E-state index contributed by atoms with van der Waals surface area (Å²) >= 11 is 0. The normalized spacial score (nSPS) is 27.8. The lowest BCUT2D eigenvalue weighted by Crippen LogP contribution is -2.43. The third-order valence-corrected chi connectivity index (χ3v) is 3.14. The van der Waals surface area contributed by atoms with Gasteiger partial charge in [0.15, 0.2) is 0 Å². The van der Waals surface area contributed by atoms with E-state index in [0.29, 0.717) is 18.6 Å². The van der Waals surface area contributed by atoms with Gasteiger partial charge in [0.05, 0.1) is 6.61 Å². The maximum atomic E-state index is 11.9. The summed E-state index contributed by atoms with van der Waals surface area (Å²) in [6.45, 7) is 5.69. The maximum Gasteiger partial charge on any atom is 0.411 e. The second-order valence-electron chi connectivity index (χ2n) is 5.06. The molecule has 1 heterocycles.